The van der Waals surface area contributed by atoms with Crippen molar-refractivity contribution in [3.63, 3.8) is 0 Å². The van der Waals surface area contributed by atoms with Crippen molar-refractivity contribution in [2.24, 2.45) is 0 Å². The zero-order valence-corrected chi connectivity index (χ0v) is 21.7. The largest absolute Gasteiger partial charge is 0.323 e. The number of nitrogens with zero attached hydrogens (tertiary/aromatic N) is 6. The van der Waals surface area contributed by atoms with Gasteiger partial charge in [0.05, 0.1) is 29.7 Å². The lowest BCUT2D eigenvalue weighted by Crippen LogP contribution is -2.30. The van der Waals surface area contributed by atoms with Crippen molar-refractivity contribution in [1.29, 1.82) is 0 Å². The molecule has 8 nitrogen and oxygen atoms in total. The molecule has 0 radical (unpaired) electrons. The van der Waals surface area contributed by atoms with Crippen molar-refractivity contribution in [3.05, 3.63) is 89.8 Å². The fourth-order valence-corrected chi connectivity index (χ4v) is 5.55. The smallest absolute Gasteiger partial charge is 0.213 e. The topological polar surface area (TPSA) is 90.0 Å². The second kappa shape index (κ2) is 10.0. The van der Waals surface area contributed by atoms with E-state index in [0.29, 0.717) is 17.3 Å². The molecule has 5 heterocycles. The van der Waals surface area contributed by atoms with E-state index in [2.05, 4.69) is 19.9 Å². The number of hydrogen-bond donors (Lipinski definition) is 1. The van der Waals surface area contributed by atoms with Gasteiger partial charge in [-0.2, -0.15) is 9.49 Å². The molecule has 0 bridgehead atoms. The average Bonchev–Trinajstić information content (AvgIpc) is 3.62. The molecule has 202 valence electrons. The van der Waals surface area contributed by atoms with Gasteiger partial charge in [0, 0.05) is 35.3 Å². The first-order valence-corrected chi connectivity index (χ1v) is 13.6. The van der Waals surface area contributed by atoms with Gasteiger partial charge in [0.15, 0.2) is 11.4 Å². The van der Waals surface area contributed by atoms with E-state index < -0.39 is 5.95 Å². The van der Waals surface area contributed by atoms with E-state index in [0.717, 1.165) is 73.3 Å². The summed E-state index contributed by atoms with van der Waals surface area (Å²) < 4.78 is 31.4. The molecule has 10 heteroatoms. The summed E-state index contributed by atoms with van der Waals surface area (Å²) in [4.78, 5) is 26.0. The molecule has 1 saturated carbocycles. The highest BCUT2D eigenvalue weighted by atomic mass is 19.1. The van der Waals surface area contributed by atoms with Crippen molar-refractivity contribution in [3.8, 4) is 22.6 Å². The number of imidazole rings is 2. The number of carbonyl (C=O) groups is 1. The molecule has 5 aromatic rings. The summed E-state index contributed by atoms with van der Waals surface area (Å²) >= 11 is 0. The summed E-state index contributed by atoms with van der Waals surface area (Å²) in [5.41, 5.74) is 4.68. The molecule has 40 heavy (non-hydrogen) atoms. The van der Waals surface area contributed by atoms with Gasteiger partial charge in [-0.3, -0.25) is 4.79 Å². The van der Waals surface area contributed by atoms with Gasteiger partial charge in [-0.05, 0) is 81.2 Å². The lowest BCUT2D eigenvalue weighted by atomic mass is 10.0. The third kappa shape index (κ3) is 4.68. The van der Waals surface area contributed by atoms with Gasteiger partial charge >= 0.3 is 0 Å². The molecule has 0 amide bonds. The predicted octanol–water partition coefficient (Wildman–Crippen LogP) is 5.16. The van der Waals surface area contributed by atoms with Gasteiger partial charge in [0.1, 0.15) is 17.3 Å². The third-order valence-corrected chi connectivity index (χ3v) is 7.68. The Kier molecular flexibility index (Phi) is 6.19. The Hall–Kier alpha value is -4.31. The van der Waals surface area contributed by atoms with E-state index in [-0.39, 0.29) is 29.6 Å². The number of aromatic nitrogens is 6. The first kappa shape index (κ1) is 24.7. The molecule has 0 atom stereocenters. The highest BCUT2D eigenvalue weighted by Crippen LogP contribution is 2.46. The lowest BCUT2D eigenvalue weighted by Gasteiger charge is -2.27. The standard InChI is InChI=1S/C30H27F2N7O/c31-21-5-3-18(4-6-21)28-29(39(23-10-12-33-13-11-23)30(36-28)19-1-2-19)24-7-8-27-35-22(17-38(27)37-24)16-25(40)20-9-14-34-26(32)15-20/h3-9,14-15,17,19,23,33H,1-2,10-13,16H2. The Morgan fingerprint density at radius 3 is 2.52 bits per heavy atom. The van der Waals surface area contributed by atoms with Crippen LogP contribution >= 0.6 is 0 Å². The lowest BCUT2D eigenvalue weighted by molar-refractivity contribution is 0.0991. The fraction of sp³-hybridized carbons (Fsp3) is 0.300. The summed E-state index contributed by atoms with van der Waals surface area (Å²) in [6.45, 7) is 1.87. The van der Waals surface area contributed by atoms with Gasteiger partial charge < -0.3 is 9.88 Å². The van der Waals surface area contributed by atoms with Gasteiger partial charge in [-0.1, -0.05) is 0 Å². The minimum absolute atomic E-state index is 0.0157. The van der Waals surface area contributed by atoms with Gasteiger partial charge in [0.25, 0.3) is 0 Å². The molecule has 0 spiro atoms. The average molecular weight is 540 g/mol. The molecule has 1 saturated heterocycles. The molecule has 2 fully saturated rings. The number of fused-ring (bicyclic) bond motifs is 1. The van der Waals surface area contributed by atoms with Crippen LogP contribution < -0.4 is 5.32 Å². The van der Waals surface area contributed by atoms with Crippen molar-refractivity contribution in [1.82, 2.24) is 34.4 Å². The second-order valence-electron chi connectivity index (χ2n) is 10.5. The minimum atomic E-state index is -0.694. The van der Waals surface area contributed by atoms with E-state index in [9.17, 15) is 13.6 Å². The van der Waals surface area contributed by atoms with Gasteiger partial charge in [-0.25, -0.2) is 23.9 Å². The van der Waals surface area contributed by atoms with Gasteiger partial charge in [0.2, 0.25) is 5.95 Å². The predicted molar refractivity (Wildman–Crippen MR) is 145 cm³/mol. The van der Waals surface area contributed by atoms with E-state index in [4.69, 9.17) is 10.1 Å². The summed E-state index contributed by atoms with van der Waals surface area (Å²) in [6, 6.07) is 13.2. The number of benzene rings is 1. The molecule has 1 aliphatic heterocycles. The van der Waals surface area contributed by atoms with E-state index in [1.807, 2.05) is 12.1 Å². The van der Waals surface area contributed by atoms with Crippen molar-refractivity contribution in [2.45, 2.75) is 44.1 Å². The number of hydrogen-bond acceptors (Lipinski definition) is 6. The zero-order valence-electron chi connectivity index (χ0n) is 21.7. The molecule has 1 aromatic carbocycles. The van der Waals surface area contributed by atoms with Crippen molar-refractivity contribution in [2.75, 3.05) is 13.1 Å². The molecule has 2 aliphatic rings. The molecule has 1 N–H and O–H groups in total. The quantitative estimate of drug-likeness (QED) is 0.227. The van der Waals surface area contributed by atoms with Crippen LogP contribution in [0.1, 0.15) is 59.5 Å². The van der Waals surface area contributed by atoms with Crippen LogP contribution in [0.4, 0.5) is 8.78 Å². The summed E-state index contributed by atoms with van der Waals surface area (Å²) in [6.07, 6.45) is 7.22. The van der Waals surface area contributed by atoms with Crippen LogP contribution in [-0.4, -0.2) is 48.0 Å². The SMILES string of the molecule is O=C(Cc1cn2nc(-c3c(-c4ccc(F)cc4)nc(C4CC4)n3C3CCNCC3)ccc2n1)c1ccnc(F)c1. The first-order valence-electron chi connectivity index (χ1n) is 13.6. The zero-order chi connectivity index (χ0) is 27.2. The van der Waals surface area contributed by atoms with Gasteiger partial charge in [-0.15, -0.1) is 0 Å². The monoisotopic (exact) mass is 539 g/mol. The highest BCUT2D eigenvalue weighted by Gasteiger charge is 2.35. The van der Waals surface area contributed by atoms with Crippen LogP contribution in [-0.2, 0) is 6.42 Å². The van der Waals surface area contributed by atoms with Crippen LogP contribution in [0, 0.1) is 11.8 Å². The molecule has 4 aromatic heterocycles. The summed E-state index contributed by atoms with van der Waals surface area (Å²) in [5.74, 6) is 0.252. The maximum atomic E-state index is 13.8. The Labute approximate surface area is 229 Å². The van der Waals surface area contributed by atoms with Crippen LogP contribution in [0.5, 0.6) is 0 Å². The Bertz CT molecular complexity index is 1720. The number of nitrogens with one attached hydrogen (secondary N) is 1. The first-order chi connectivity index (χ1) is 19.5. The van der Waals surface area contributed by atoms with E-state index in [1.54, 1.807) is 22.8 Å². The van der Waals surface area contributed by atoms with Crippen molar-refractivity contribution >= 4 is 11.4 Å². The highest BCUT2D eigenvalue weighted by molar-refractivity contribution is 5.97. The van der Waals surface area contributed by atoms with E-state index >= 15 is 0 Å². The number of rotatable bonds is 7. The maximum Gasteiger partial charge on any atom is 0.213 e. The Morgan fingerprint density at radius 2 is 1.77 bits per heavy atom. The summed E-state index contributed by atoms with van der Waals surface area (Å²) in [5, 5.41) is 8.39. The molecular weight excluding hydrogens is 512 g/mol. The normalized spacial score (nSPS) is 16.1. The number of piperidine rings is 1. The number of Topliss-reactive ketones (excluding diaryl/α,β-unsaturated/α-hetero) is 1. The molecule has 7 rings (SSSR count). The van der Waals surface area contributed by atoms with Crippen LogP contribution in [0.2, 0.25) is 0 Å². The third-order valence-electron chi connectivity index (χ3n) is 7.68. The van der Waals surface area contributed by atoms with Crippen LogP contribution in [0.25, 0.3) is 28.3 Å². The van der Waals surface area contributed by atoms with Crippen molar-refractivity contribution < 1.29 is 13.6 Å². The number of halogens is 2. The fourth-order valence-electron chi connectivity index (χ4n) is 5.55. The minimum Gasteiger partial charge on any atom is -0.323 e. The Balaban J connectivity index is 1.32. The van der Waals surface area contributed by atoms with Crippen LogP contribution in [0.15, 0.2) is 60.9 Å². The second-order valence-corrected chi connectivity index (χ2v) is 10.5. The number of ketones is 1. The molecule has 1 aliphatic carbocycles. The number of carbonyl (C=O) groups excluding carboxylic acids is 1. The Morgan fingerprint density at radius 1 is 0.975 bits per heavy atom. The molecular formula is C30H27F2N7O. The maximum absolute atomic E-state index is 13.8. The molecule has 0 unspecified atom stereocenters. The van der Waals surface area contributed by atoms with E-state index in [1.165, 1.54) is 24.4 Å². The van der Waals surface area contributed by atoms with Crippen LogP contribution in [0.3, 0.4) is 0 Å². The number of pyridine rings is 1. The summed E-state index contributed by atoms with van der Waals surface area (Å²) in [7, 11) is 0.